The Labute approximate surface area is 142 Å². The number of aliphatic hydroxyl groups is 1. The maximum Gasteiger partial charge on any atom is 0.134 e. The van der Waals surface area contributed by atoms with Crippen LogP contribution in [0.2, 0.25) is 0 Å². The number of nitrogens with zero attached hydrogens (tertiary/aromatic N) is 5. The van der Waals surface area contributed by atoms with Crippen molar-refractivity contribution in [2.24, 2.45) is 0 Å². The van der Waals surface area contributed by atoms with Crippen LogP contribution in [-0.4, -0.2) is 41.3 Å². The summed E-state index contributed by atoms with van der Waals surface area (Å²) in [6.07, 6.45) is 3.65. The van der Waals surface area contributed by atoms with Crippen LogP contribution < -0.4 is 9.80 Å². The summed E-state index contributed by atoms with van der Waals surface area (Å²) in [6, 6.07) is 11.8. The number of hydrogen-bond donors (Lipinski definition) is 1. The second kappa shape index (κ2) is 7.28. The van der Waals surface area contributed by atoms with Crippen LogP contribution >= 0.6 is 0 Å². The van der Waals surface area contributed by atoms with Crippen molar-refractivity contribution in [3.05, 3.63) is 47.8 Å². The fourth-order valence-corrected chi connectivity index (χ4v) is 3.07. The lowest BCUT2D eigenvalue weighted by Gasteiger charge is -2.25. The molecule has 3 rings (SSSR count). The molecule has 2 heterocycles. The molecule has 1 aliphatic rings. The van der Waals surface area contributed by atoms with Crippen LogP contribution in [-0.2, 0) is 6.54 Å². The Bertz CT molecular complexity index is 725. The molecule has 1 fully saturated rings. The molecule has 0 aliphatic carbocycles. The highest BCUT2D eigenvalue weighted by molar-refractivity contribution is 5.51. The smallest absolute Gasteiger partial charge is 0.134 e. The summed E-state index contributed by atoms with van der Waals surface area (Å²) >= 11 is 0. The molecule has 0 bridgehead atoms. The number of nitriles is 1. The monoisotopic (exact) mass is 323 g/mol. The summed E-state index contributed by atoms with van der Waals surface area (Å²) in [7, 11) is 1.98. The molecule has 1 N–H and O–H groups in total. The van der Waals surface area contributed by atoms with Gasteiger partial charge in [0.1, 0.15) is 18.0 Å². The first-order valence-corrected chi connectivity index (χ1v) is 8.11. The number of aromatic nitrogens is 2. The average molecular weight is 323 g/mol. The molecule has 124 valence electrons. The van der Waals surface area contributed by atoms with Crippen LogP contribution in [0.5, 0.6) is 0 Å². The third-order valence-electron chi connectivity index (χ3n) is 4.41. The second-order valence-electron chi connectivity index (χ2n) is 6.07. The van der Waals surface area contributed by atoms with E-state index in [1.165, 1.54) is 0 Å². The summed E-state index contributed by atoms with van der Waals surface area (Å²) in [4.78, 5) is 12.9. The van der Waals surface area contributed by atoms with Crippen LogP contribution in [0, 0.1) is 11.3 Å². The van der Waals surface area contributed by atoms with E-state index in [-0.39, 0.29) is 12.6 Å². The zero-order chi connectivity index (χ0) is 16.9. The summed E-state index contributed by atoms with van der Waals surface area (Å²) in [5, 5.41) is 18.4. The number of aliphatic hydroxyl groups excluding tert-OH is 1. The van der Waals surface area contributed by atoms with Crippen molar-refractivity contribution in [1.29, 1.82) is 5.26 Å². The average Bonchev–Trinajstić information content (AvgIpc) is 3.11. The van der Waals surface area contributed by atoms with Crippen molar-refractivity contribution in [3.8, 4) is 6.07 Å². The maximum atomic E-state index is 9.50. The van der Waals surface area contributed by atoms with Gasteiger partial charge in [0.15, 0.2) is 0 Å². The van der Waals surface area contributed by atoms with Crippen LogP contribution in [0.25, 0.3) is 0 Å². The third-order valence-corrected chi connectivity index (χ3v) is 4.41. The van der Waals surface area contributed by atoms with E-state index in [1.807, 2.05) is 37.4 Å². The lowest BCUT2D eigenvalue weighted by atomic mass is 10.1. The minimum atomic E-state index is 0.150. The van der Waals surface area contributed by atoms with Gasteiger partial charge >= 0.3 is 0 Å². The Morgan fingerprint density at radius 2 is 2.12 bits per heavy atom. The van der Waals surface area contributed by atoms with Gasteiger partial charge in [-0.05, 0) is 30.5 Å². The summed E-state index contributed by atoms with van der Waals surface area (Å²) in [6.45, 7) is 1.77. The van der Waals surface area contributed by atoms with Crippen molar-refractivity contribution in [2.45, 2.75) is 25.4 Å². The first-order valence-electron chi connectivity index (χ1n) is 8.11. The molecule has 0 saturated carbocycles. The van der Waals surface area contributed by atoms with E-state index in [4.69, 9.17) is 5.26 Å². The van der Waals surface area contributed by atoms with Crippen LogP contribution in [0.1, 0.15) is 24.0 Å². The summed E-state index contributed by atoms with van der Waals surface area (Å²) in [5.74, 6) is 1.70. The zero-order valence-corrected chi connectivity index (χ0v) is 13.8. The van der Waals surface area contributed by atoms with Gasteiger partial charge in [-0.2, -0.15) is 5.26 Å². The van der Waals surface area contributed by atoms with Gasteiger partial charge in [0.25, 0.3) is 0 Å². The first kappa shape index (κ1) is 16.2. The molecule has 1 aromatic heterocycles. The standard InChI is InChI=1S/C18H21N5O/c1-22(11-15-6-4-14(10-19)5-7-15)17-9-18(21-13-20-17)23-8-2-3-16(23)12-24/h4-7,9,13,16,24H,2-3,8,11-12H2,1H3. The van der Waals surface area contributed by atoms with Crippen molar-refractivity contribution >= 4 is 11.6 Å². The molecular formula is C18H21N5O. The molecule has 1 atom stereocenters. The molecular weight excluding hydrogens is 302 g/mol. The SMILES string of the molecule is CN(Cc1ccc(C#N)cc1)c1cc(N2CCCC2CO)ncn1. The Morgan fingerprint density at radius 3 is 2.83 bits per heavy atom. The summed E-state index contributed by atoms with van der Waals surface area (Å²) in [5.41, 5.74) is 1.78. The van der Waals surface area contributed by atoms with E-state index in [2.05, 4.69) is 25.8 Å². The van der Waals surface area contributed by atoms with Gasteiger partial charge < -0.3 is 14.9 Å². The van der Waals surface area contributed by atoms with Crippen molar-refractivity contribution in [3.63, 3.8) is 0 Å². The van der Waals surface area contributed by atoms with Gasteiger partial charge in [-0.25, -0.2) is 9.97 Å². The van der Waals surface area contributed by atoms with E-state index >= 15 is 0 Å². The molecule has 0 spiro atoms. The lowest BCUT2D eigenvalue weighted by Crippen LogP contribution is -2.33. The van der Waals surface area contributed by atoms with Crippen molar-refractivity contribution < 1.29 is 5.11 Å². The number of hydrogen-bond acceptors (Lipinski definition) is 6. The van der Waals surface area contributed by atoms with Gasteiger partial charge in [-0.3, -0.25) is 0 Å². The predicted octanol–water partition coefficient (Wildman–Crippen LogP) is 1.95. The van der Waals surface area contributed by atoms with E-state index in [0.717, 1.165) is 36.6 Å². The number of benzene rings is 1. The molecule has 0 amide bonds. The molecule has 1 saturated heterocycles. The normalized spacial score (nSPS) is 16.9. The minimum Gasteiger partial charge on any atom is -0.394 e. The van der Waals surface area contributed by atoms with E-state index in [9.17, 15) is 5.11 Å². The van der Waals surface area contributed by atoms with Crippen molar-refractivity contribution in [1.82, 2.24) is 9.97 Å². The number of rotatable bonds is 5. The van der Waals surface area contributed by atoms with Crippen LogP contribution in [0.3, 0.4) is 0 Å². The predicted molar refractivity (Wildman–Crippen MR) is 92.7 cm³/mol. The molecule has 1 aliphatic heterocycles. The van der Waals surface area contributed by atoms with Crippen LogP contribution in [0.4, 0.5) is 11.6 Å². The molecule has 1 aromatic carbocycles. The highest BCUT2D eigenvalue weighted by Gasteiger charge is 2.25. The highest BCUT2D eigenvalue weighted by atomic mass is 16.3. The first-order chi connectivity index (χ1) is 11.7. The molecule has 2 aromatic rings. The van der Waals surface area contributed by atoms with E-state index < -0.39 is 0 Å². The molecule has 0 radical (unpaired) electrons. The van der Waals surface area contributed by atoms with Crippen molar-refractivity contribution in [2.75, 3.05) is 30.0 Å². The minimum absolute atomic E-state index is 0.150. The molecule has 6 heteroatoms. The van der Waals surface area contributed by atoms with Crippen LogP contribution in [0.15, 0.2) is 36.7 Å². The largest absolute Gasteiger partial charge is 0.394 e. The molecule has 1 unspecified atom stereocenters. The quantitative estimate of drug-likeness (QED) is 0.906. The topological polar surface area (TPSA) is 76.3 Å². The molecule has 24 heavy (non-hydrogen) atoms. The van der Waals surface area contributed by atoms with Gasteiger partial charge in [-0.15, -0.1) is 0 Å². The maximum absolute atomic E-state index is 9.50. The Balaban J connectivity index is 1.74. The van der Waals surface area contributed by atoms with Gasteiger partial charge in [0, 0.05) is 26.2 Å². The van der Waals surface area contributed by atoms with E-state index in [1.54, 1.807) is 6.33 Å². The molecule has 6 nitrogen and oxygen atoms in total. The Kier molecular flexibility index (Phi) is 4.92. The fraction of sp³-hybridized carbons (Fsp3) is 0.389. The second-order valence-corrected chi connectivity index (χ2v) is 6.07. The van der Waals surface area contributed by atoms with Gasteiger partial charge in [0.05, 0.1) is 24.3 Å². The Hall–Kier alpha value is -2.65. The lowest BCUT2D eigenvalue weighted by molar-refractivity contribution is 0.266. The zero-order valence-electron chi connectivity index (χ0n) is 13.8. The Morgan fingerprint density at radius 1 is 1.33 bits per heavy atom. The highest BCUT2D eigenvalue weighted by Crippen LogP contribution is 2.25. The van der Waals surface area contributed by atoms with E-state index in [0.29, 0.717) is 12.1 Å². The fourth-order valence-electron chi connectivity index (χ4n) is 3.07. The summed E-state index contributed by atoms with van der Waals surface area (Å²) < 4.78 is 0. The third kappa shape index (κ3) is 3.47. The van der Waals surface area contributed by atoms with Gasteiger partial charge in [-0.1, -0.05) is 12.1 Å². The van der Waals surface area contributed by atoms with Gasteiger partial charge in [0.2, 0.25) is 0 Å². The number of anilines is 2.